The molecule has 0 fully saturated rings. The van der Waals surface area contributed by atoms with Crippen molar-refractivity contribution >= 4 is 23.2 Å². The first-order valence-electron chi connectivity index (χ1n) is 4.68. The summed E-state index contributed by atoms with van der Waals surface area (Å²) in [7, 11) is 1.65. The van der Waals surface area contributed by atoms with Crippen LogP contribution in [0.3, 0.4) is 0 Å². The van der Waals surface area contributed by atoms with Crippen molar-refractivity contribution in [2.75, 3.05) is 13.7 Å². The maximum atomic E-state index is 5.73. The normalized spacial score (nSPS) is 11.6. The number of hydrogen-bond acceptors (Lipinski definition) is 5. The second-order valence-electron chi connectivity index (χ2n) is 3.74. The highest BCUT2D eigenvalue weighted by atomic mass is 35.5. The van der Waals surface area contributed by atoms with E-state index in [0.717, 1.165) is 0 Å². The Hall–Kier alpha value is -0.650. The minimum atomic E-state index is -0.253. The largest absolute Gasteiger partial charge is 0.475 e. The van der Waals surface area contributed by atoms with Crippen LogP contribution >= 0.6 is 23.2 Å². The summed E-state index contributed by atoms with van der Waals surface area (Å²) in [5, 5.41) is 7.16. The molecule has 7 heteroatoms. The van der Waals surface area contributed by atoms with Crippen molar-refractivity contribution < 1.29 is 9.47 Å². The molecule has 0 aliphatic carbocycles. The summed E-state index contributed by atoms with van der Waals surface area (Å²) in [5.41, 5.74) is -0.253. The molecule has 0 atom stereocenters. The number of nitrogens with zero attached hydrogens (tertiary/aromatic N) is 3. The Morgan fingerprint density at radius 2 is 1.94 bits per heavy atom. The van der Waals surface area contributed by atoms with Crippen molar-refractivity contribution in [1.82, 2.24) is 15.2 Å². The van der Waals surface area contributed by atoms with Crippen LogP contribution in [0.4, 0.5) is 0 Å². The van der Waals surface area contributed by atoms with E-state index in [1.54, 1.807) is 7.11 Å². The summed E-state index contributed by atoms with van der Waals surface area (Å²) in [5.74, 6) is 0.188. The first-order valence-corrected chi connectivity index (χ1v) is 5.44. The lowest BCUT2D eigenvalue weighted by Crippen LogP contribution is -2.25. The molecule has 16 heavy (non-hydrogen) atoms. The molecule has 0 saturated heterocycles. The SMILES string of the molecule is COC(C)(C)CCOc1nc(Cl)nnc1Cl. The molecule has 0 amide bonds. The highest BCUT2D eigenvalue weighted by molar-refractivity contribution is 6.31. The van der Waals surface area contributed by atoms with E-state index in [1.807, 2.05) is 13.8 Å². The molecule has 0 aromatic carbocycles. The molecule has 5 nitrogen and oxygen atoms in total. The van der Waals surface area contributed by atoms with Crippen LogP contribution in [0, 0.1) is 0 Å². The molecule has 1 heterocycles. The molecule has 0 bridgehead atoms. The van der Waals surface area contributed by atoms with Crippen LogP contribution in [0.15, 0.2) is 0 Å². The lowest BCUT2D eigenvalue weighted by Gasteiger charge is -2.22. The van der Waals surface area contributed by atoms with Gasteiger partial charge in [-0.3, -0.25) is 0 Å². The van der Waals surface area contributed by atoms with E-state index in [2.05, 4.69) is 15.2 Å². The Labute approximate surface area is 104 Å². The zero-order chi connectivity index (χ0) is 12.2. The van der Waals surface area contributed by atoms with Gasteiger partial charge in [0.15, 0.2) is 0 Å². The first-order chi connectivity index (χ1) is 7.44. The minimum Gasteiger partial charge on any atom is -0.475 e. The van der Waals surface area contributed by atoms with Crippen LogP contribution in [-0.4, -0.2) is 34.5 Å². The summed E-state index contributed by atoms with van der Waals surface area (Å²) in [6.07, 6.45) is 0.696. The summed E-state index contributed by atoms with van der Waals surface area (Å²) >= 11 is 11.3. The number of aromatic nitrogens is 3. The Morgan fingerprint density at radius 3 is 2.56 bits per heavy atom. The Balaban J connectivity index is 2.52. The molecule has 0 radical (unpaired) electrons. The topological polar surface area (TPSA) is 57.1 Å². The molecular weight excluding hydrogens is 253 g/mol. The van der Waals surface area contributed by atoms with E-state index in [1.165, 1.54) is 0 Å². The number of ether oxygens (including phenoxy) is 2. The predicted octanol–water partition coefficient (Wildman–Crippen LogP) is 2.37. The molecule has 0 unspecified atom stereocenters. The lowest BCUT2D eigenvalue weighted by molar-refractivity contribution is 0.00504. The van der Waals surface area contributed by atoms with Crippen LogP contribution in [0.2, 0.25) is 10.4 Å². The van der Waals surface area contributed by atoms with Gasteiger partial charge in [0.25, 0.3) is 5.88 Å². The monoisotopic (exact) mass is 265 g/mol. The van der Waals surface area contributed by atoms with Crippen molar-refractivity contribution in [3.05, 3.63) is 10.4 Å². The zero-order valence-corrected chi connectivity index (χ0v) is 10.8. The van der Waals surface area contributed by atoms with Crippen molar-refractivity contribution in [2.45, 2.75) is 25.9 Å². The molecular formula is C9H13Cl2N3O2. The predicted molar refractivity (Wildman–Crippen MR) is 61.0 cm³/mol. The van der Waals surface area contributed by atoms with Gasteiger partial charge in [0.05, 0.1) is 12.2 Å². The number of methoxy groups -OCH3 is 1. The van der Waals surface area contributed by atoms with Gasteiger partial charge < -0.3 is 9.47 Å². The molecule has 0 saturated carbocycles. The Kier molecular flexibility index (Phi) is 4.70. The second kappa shape index (κ2) is 5.61. The molecule has 0 aliphatic heterocycles. The average molecular weight is 266 g/mol. The van der Waals surface area contributed by atoms with Gasteiger partial charge in [-0.1, -0.05) is 11.6 Å². The molecule has 1 aromatic rings. The second-order valence-corrected chi connectivity index (χ2v) is 4.44. The zero-order valence-electron chi connectivity index (χ0n) is 9.33. The van der Waals surface area contributed by atoms with Gasteiger partial charge in [-0.25, -0.2) is 0 Å². The first kappa shape index (κ1) is 13.4. The minimum absolute atomic E-state index is 0.00500. The quantitative estimate of drug-likeness (QED) is 0.818. The maximum Gasteiger partial charge on any atom is 0.256 e. The summed E-state index contributed by atoms with van der Waals surface area (Å²) in [4.78, 5) is 3.81. The van der Waals surface area contributed by atoms with E-state index >= 15 is 0 Å². The molecule has 0 spiro atoms. The summed E-state index contributed by atoms with van der Waals surface area (Å²) < 4.78 is 10.6. The van der Waals surface area contributed by atoms with Crippen LogP contribution in [0.1, 0.15) is 20.3 Å². The van der Waals surface area contributed by atoms with Crippen molar-refractivity contribution in [3.63, 3.8) is 0 Å². The third-order valence-corrected chi connectivity index (χ3v) is 2.48. The number of rotatable bonds is 5. The van der Waals surface area contributed by atoms with E-state index in [9.17, 15) is 0 Å². The summed E-state index contributed by atoms with van der Waals surface area (Å²) in [6, 6.07) is 0. The van der Waals surface area contributed by atoms with Gasteiger partial charge in [0.2, 0.25) is 10.4 Å². The van der Waals surface area contributed by atoms with E-state index in [0.29, 0.717) is 13.0 Å². The van der Waals surface area contributed by atoms with Gasteiger partial charge in [-0.05, 0) is 25.4 Å². The fourth-order valence-corrected chi connectivity index (χ4v) is 1.12. The highest BCUT2D eigenvalue weighted by Gasteiger charge is 2.17. The smallest absolute Gasteiger partial charge is 0.256 e. The van der Waals surface area contributed by atoms with Crippen molar-refractivity contribution in [1.29, 1.82) is 0 Å². The van der Waals surface area contributed by atoms with Gasteiger partial charge in [0.1, 0.15) is 0 Å². The van der Waals surface area contributed by atoms with Crippen LogP contribution in [-0.2, 0) is 4.74 Å². The fourth-order valence-electron chi connectivity index (χ4n) is 0.868. The number of hydrogen-bond donors (Lipinski definition) is 0. The van der Waals surface area contributed by atoms with Gasteiger partial charge in [-0.2, -0.15) is 4.98 Å². The standard InChI is InChI=1S/C9H13Cl2N3O2/c1-9(2,15-3)4-5-16-7-6(10)13-14-8(11)12-7/h4-5H2,1-3H3. The lowest BCUT2D eigenvalue weighted by atomic mass is 10.1. The Bertz CT molecular complexity index is 361. The Morgan fingerprint density at radius 1 is 1.25 bits per heavy atom. The molecule has 90 valence electrons. The maximum absolute atomic E-state index is 5.73. The van der Waals surface area contributed by atoms with Gasteiger partial charge in [-0.15, -0.1) is 10.2 Å². The van der Waals surface area contributed by atoms with Crippen LogP contribution in [0.5, 0.6) is 5.88 Å². The van der Waals surface area contributed by atoms with Crippen LogP contribution in [0.25, 0.3) is 0 Å². The van der Waals surface area contributed by atoms with Crippen LogP contribution < -0.4 is 4.74 Å². The molecule has 1 aromatic heterocycles. The third kappa shape index (κ3) is 4.08. The highest BCUT2D eigenvalue weighted by Crippen LogP contribution is 2.20. The van der Waals surface area contributed by atoms with Crippen molar-refractivity contribution in [2.24, 2.45) is 0 Å². The van der Waals surface area contributed by atoms with E-state index in [4.69, 9.17) is 32.7 Å². The fraction of sp³-hybridized carbons (Fsp3) is 0.667. The third-order valence-electron chi connectivity index (χ3n) is 2.09. The number of halogens is 2. The van der Waals surface area contributed by atoms with E-state index < -0.39 is 0 Å². The molecule has 0 N–H and O–H groups in total. The van der Waals surface area contributed by atoms with Gasteiger partial charge in [0, 0.05) is 13.5 Å². The van der Waals surface area contributed by atoms with E-state index in [-0.39, 0.29) is 21.9 Å². The molecule has 1 rings (SSSR count). The summed E-state index contributed by atoms with van der Waals surface area (Å²) in [6.45, 7) is 4.34. The van der Waals surface area contributed by atoms with Gasteiger partial charge >= 0.3 is 0 Å². The van der Waals surface area contributed by atoms with Crippen molar-refractivity contribution in [3.8, 4) is 5.88 Å². The average Bonchev–Trinajstić information content (AvgIpc) is 2.23. The molecule has 0 aliphatic rings.